The van der Waals surface area contributed by atoms with E-state index in [1.54, 1.807) is 13.1 Å². The van der Waals surface area contributed by atoms with Crippen LogP contribution in [0.3, 0.4) is 0 Å². The van der Waals surface area contributed by atoms with E-state index in [4.69, 9.17) is 5.73 Å². The molecule has 0 aliphatic heterocycles. The lowest BCUT2D eigenvalue weighted by molar-refractivity contribution is 0.161. The zero-order valence-corrected chi connectivity index (χ0v) is 10.6. The van der Waals surface area contributed by atoms with Crippen LogP contribution >= 0.6 is 0 Å². The molecule has 0 amide bonds. The van der Waals surface area contributed by atoms with Gasteiger partial charge < -0.3 is 21.5 Å². The van der Waals surface area contributed by atoms with Gasteiger partial charge >= 0.3 is 0 Å². The Morgan fingerprint density at radius 2 is 2.00 bits per heavy atom. The minimum Gasteiger partial charge on any atom is -0.391 e. The van der Waals surface area contributed by atoms with E-state index >= 15 is 0 Å². The number of aliphatic hydroxyl groups is 1. The van der Waals surface area contributed by atoms with E-state index in [1.165, 1.54) is 0 Å². The topological polar surface area (TPSA) is 96.1 Å². The number of rotatable bonds is 6. The third-order valence-electron chi connectivity index (χ3n) is 2.26. The molecule has 1 aromatic heterocycles. The van der Waals surface area contributed by atoms with Crippen molar-refractivity contribution >= 4 is 17.6 Å². The Bertz CT molecular complexity index is 356. The lowest BCUT2D eigenvalue weighted by Crippen LogP contribution is -2.22. The fraction of sp³-hybridized carbons (Fsp3) is 0.636. The standard InChI is InChI=1S/C11H21N5O/c1-7(2)4-8(17)6-14-10-5-9(13-3)15-11(12)16-10/h5,7-8,17H,4,6H2,1-3H3,(H4,12,13,14,15,16). The van der Waals surface area contributed by atoms with E-state index in [0.717, 1.165) is 6.42 Å². The fourth-order valence-corrected chi connectivity index (χ4v) is 1.53. The van der Waals surface area contributed by atoms with Gasteiger partial charge in [-0.25, -0.2) is 0 Å². The lowest BCUT2D eigenvalue weighted by atomic mass is 10.1. The minimum atomic E-state index is -0.385. The Kier molecular flexibility index (Phi) is 4.96. The molecule has 0 aromatic carbocycles. The van der Waals surface area contributed by atoms with Crippen LogP contribution in [0.25, 0.3) is 0 Å². The SMILES string of the molecule is CNc1cc(NCC(O)CC(C)C)nc(N)n1. The van der Waals surface area contributed by atoms with Crippen molar-refractivity contribution in [1.82, 2.24) is 9.97 Å². The van der Waals surface area contributed by atoms with E-state index in [2.05, 4.69) is 34.4 Å². The van der Waals surface area contributed by atoms with E-state index in [1.807, 2.05) is 0 Å². The van der Waals surface area contributed by atoms with Gasteiger partial charge in [0.25, 0.3) is 0 Å². The number of anilines is 3. The Labute approximate surface area is 102 Å². The van der Waals surface area contributed by atoms with Crippen LogP contribution in [0.1, 0.15) is 20.3 Å². The summed E-state index contributed by atoms with van der Waals surface area (Å²) in [7, 11) is 1.76. The number of nitrogen functional groups attached to an aromatic ring is 1. The Hall–Kier alpha value is -1.56. The van der Waals surface area contributed by atoms with Crippen LogP contribution in [-0.4, -0.2) is 34.8 Å². The van der Waals surface area contributed by atoms with Crippen LogP contribution in [0.4, 0.5) is 17.6 Å². The highest BCUT2D eigenvalue weighted by atomic mass is 16.3. The summed E-state index contributed by atoms with van der Waals surface area (Å²) in [4.78, 5) is 8.02. The molecular weight excluding hydrogens is 218 g/mol. The molecule has 0 spiro atoms. The minimum absolute atomic E-state index is 0.206. The molecule has 0 saturated carbocycles. The molecule has 96 valence electrons. The van der Waals surface area contributed by atoms with E-state index in [0.29, 0.717) is 24.1 Å². The molecule has 17 heavy (non-hydrogen) atoms. The molecule has 5 N–H and O–H groups in total. The summed E-state index contributed by atoms with van der Waals surface area (Å²) >= 11 is 0. The average Bonchev–Trinajstić information content (AvgIpc) is 2.24. The Balaban J connectivity index is 2.54. The molecule has 1 atom stereocenters. The summed E-state index contributed by atoms with van der Waals surface area (Å²) < 4.78 is 0. The van der Waals surface area contributed by atoms with Crippen molar-refractivity contribution in [2.24, 2.45) is 5.92 Å². The first-order valence-electron chi connectivity index (χ1n) is 5.75. The van der Waals surface area contributed by atoms with Gasteiger partial charge in [-0.2, -0.15) is 9.97 Å². The number of nitrogens with zero attached hydrogens (tertiary/aromatic N) is 2. The summed E-state index contributed by atoms with van der Waals surface area (Å²) in [5, 5.41) is 15.7. The molecule has 0 fully saturated rings. The van der Waals surface area contributed by atoms with E-state index < -0.39 is 0 Å². The molecule has 0 bridgehead atoms. The van der Waals surface area contributed by atoms with Crippen LogP contribution in [0, 0.1) is 5.92 Å². The Morgan fingerprint density at radius 3 is 2.59 bits per heavy atom. The van der Waals surface area contributed by atoms with Crippen LogP contribution in [0.5, 0.6) is 0 Å². The lowest BCUT2D eigenvalue weighted by Gasteiger charge is -2.14. The van der Waals surface area contributed by atoms with Gasteiger partial charge in [-0.05, 0) is 12.3 Å². The van der Waals surface area contributed by atoms with Gasteiger partial charge in [-0.3, -0.25) is 0 Å². The predicted octanol–water partition coefficient (Wildman–Crippen LogP) is 0.919. The normalized spacial score (nSPS) is 12.5. The highest BCUT2D eigenvalue weighted by molar-refractivity contribution is 5.50. The van der Waals surface area contributed by atoms with Crippen molar-refractivity contribution in [3.8, 4) is 0 Å². The predicted molar refractivity (Wildman–Crippen MR) is 69.9 cm³/mol. The van der Waals surface area contributed by atoms with Crippen molar-refractivity contribution in [1.29, 1.82) is 0 Å². The van der Waals surface area contributed by atoms with Gasteiger partial charge in [0.2, 0.25) is 5.95 Å². The number of hydrogen-bond acceptors (Lipinski definition) is 6. The highest BCUT2D eigenvalue weighted by Crippen LogP contribution is 2.12. The van der Waals surface area contributed by atoms with Crippen molar-refractivity contribution in [2.75, 3.05) is 30.0 Å². The summed E-state index contributed by atoms with van der Waals surface area (Å²) in [6, 6.07) is 1.75. The maximum atomic E-state index is 9.72. The van der Waals surface area contributed by atoms with Crippen LogP contribution in [0.2, 0.25) is 0 Å². The fourth-order valence-electron chi connectivity index (χ4n) is 1.53. The second-order valence-corrected chi connectivity index (χ2v) is 4.41. The van der Waals surface area contributed by atoms with Crippen LogP contribution in [-0.2, 0) is 0 Å². The van der Waals surface area contributed by atoms with Gasteiger partial charge in [0.1, 0.15) is 11.6 Å². The molecule has 1 aromatic rings. The summed E-state index contributed by atoms with van der Waals surface area (Å²) in [5.74, 6) is 1.94. The largest absolute Gasteiger partial charge is 0.391 e. The second-order valence-electron chi connectivity index (χ2n) is 4.41. The molecule has 6 nitrogen and oxygen atoms in total. The van der Waals surface area contributed by atoms with Crippen molar-refractivity contribution in [2.45, 2.75) is 26.4 Å². The number of nitrogens with one attached hydrogen (secondary N) is 2. The molecule has 1 rings (SSSR count). The Morgan fingerprint density at radius 1 is 1.35 bits per heavy atom. The van der Waals surface area contributed by atoms with Crippen molar-refractivity contribution < 1.29 is 5.11 Å². The third-order valence-corrected chi connectivity index (χ3v) is 2.26. The molecule has 0 aliphatic rings. The second kappa shape index (κ2) is 6.24. The smallest absolute Gasteiger partial charge is 0.223 e. The van der Waals surface area contributed by atoms with Crippen molar-refractivity contribution in [3.05, 3.63) is 6.07 Å². The molecule has 1 unspecified atom stereocenters. The number of aromatic nitrogens is 2. The zero-order valence-electron chi connectivity index (χ0n) is 10.6. The summed E-state index contributed by atoms with van der Waals surface area (Å²) in [6.45, 7) is 4.60. The molecule has 0 aliphatic carbocycles. The van der Waals surface area contributed by atoms with Crippen molar-refractivity contribution in [3.63, 3.8) is 0 Å². The molecule has 0 saturated heterocycles. The quantitative estimate of drug-likeness (QED) is 0.589. The van der Waals surface area contributed by atoms with Crippen LogP contribution < -0.4 is 16.4 Å². The monoisotopic (exact) mass is 239 g/mol. The molecule has 0 radical (unpaired) electrons. The summed E-state index contributed by atoms with van der Waals surface area (Å²) in [6.07, 6.45) is 0.371. The van der Waals surface area contributed by atoms with Crippen LogP contribution in [0.15, 0.2) is 6.07 Å². The first kappa shape index (κ1) is 13.5. The van der Waals surface area contributed by atoms with Gasteiger partial charge in [-0.1, -0.05) is 13.8 Å². The number of hydrogen-bond donors (Lipinski definition) is 4. The maximum absolute atomic E-state index is 9.72. The molecule has 1 heterocycles. The third kappa shape index (κ3) is 4.86. The first-order valence-corrected chi connectivity index (χ1v) is 5.75. The molecule has 6 heteroatoms. The maximum Gasteiger partial charge on any atom is 0.223 e. The average molecular weight is 239 g/mol. The van der Waals surface area contributed by atoms with Gasteiger partial charge in [0.15, 0.2) is 0 Å². The first-order chi connectivity index (χ1) is 8.01. The van der Waals surface area contributed by atoms with Gasteiger partial charge in [0, 0.05) is 19.7 Å². The zero-order chi connectivity index (χ0) is 12.8. The molecular formula is C11H21N5O. The van der Waals surface area contributed by atoms with Gasteiger partial charge in [-0.15, -0.1) is 0 Å². The van der Waals surface area contributed by atoms with Gasteiger partial charge in [0.05, 0.1) is 6.10 Å². The number of nitrogens with two attached hydrogens (primary N) is 1. The van der Waals surface area contributed by atoms with E-state index in [-0.39, 0.29) is 12.1 Å². The highest BCUT2D eigenvalue weighted by Gasteiger charge is 2.07. The number of aliphatic hydroxyl groups excluding tert-OH is 1. The van der Waals surface area contributed by atoms with E-state index in [9.17, 15) is 5.11 Å². The summed E-state index contributed by atoms with van der Waals surface area (Å²) in [5.41, 5.74) is 5.56.